The van der Waals surface area contributed by atoms with Crippen molar-refractivity contribution >= 4 is 11.6 Å². The summed E-state index contributed by atoms with van der Waals surface area (Å²) in [6.45, 7) is 0. The molecule has 1 atom stereocenters. The molecule has 0 spiro atoms. The topological polar surface area (TPSA) is 29.1 Å². The Bertz CT molecular complexity index is 452. The summed E-state index contributed by atoms with van der Waals surface area (Å²) in [6, 6.07) is 5.12. The third-order valence-corrected chi connectivity index (χ3v) is 4.08. The maximum atomic E-state index is 13.7. The average Bonchev–Trinajstić information content (AvgIpc) is 2.83. The Hall–Kier alpha value is -1.38. The third kappa shape index (κ3) is 1.84. The van der Waals surface area contributed by atoms with E-state index in [0.717, 1.165) is 5.56 Å². The second-order valence-corrected chi connectivity index (χ2v) is 5.11. The molecule has 17 heavy (non-hydrogen) atoms. The van der Waals surface area contributed by atoms with Crippen molar-refractivity contribution in [1.82, 2.24) is 0 Å². The molecule has 1 aliphatic heterocycles. The van der Waals surface area contributed by atoms with Crippen molar-refractivity contribution in [3.8, 4) is 0 Å². The number of fused-ring (bicyclic) bond motifs is 1. The number of nitrogens with one attached hydrogen (secondary N) is 1. The van der Waals surface area contributed by atoms with Crippen molar-refractivity contribution in [2.24, 2.45) is 5.92 Å². The van der Waals surface area contributed by atoms with Gasteiger partial charge in [0, 0.05) is 6.42 Å². The second kappa shape index (κ2) is 4.13. The first-order valence-electron chi connectivity index (χ1n) is 6.34. The van der Waals surface area contributed by atoms with Crippen molar-refractivity contribution in [3.05, 3.63) is 29.6 Å². The van der Waals surface area contributed by atoms with Crippen LogP contribution in [0, 0.1) is 11.7 Å². The number of amides is 1. The lowest BCUT2D eigenvalue weighted by molar-refractivity contribution is -0.117. The summed E-state index contributed by atoms with van der Waals surface area (Å²) in [6.07, 6.45) is 5.35. The van der Waals surface area contributed by atoms with E-state index in [-0.39, 0.29) is 17.6 Å². The van der Waals surface area contributed by atoms with Gasteiger partial charge in [-0.15, -0.1) is 0 Å². The third-order valence-electron chi connectivity index (χ3n) is 4.08. The van der Waals surface area contributed by atoms with Crippen molar-refractivity contribution in [1.29, 1.82) is 0 Å². The van der Waals surface area contributed by atoms with Crippen LogP contribution in [0.25, 0.3) is 0 Å². The first kappa shape index (κ1) is 10.8. The van der Waals surface area contributed by atoms with Gasteiger partial charge in [0.1, 0.15) is 5.82 Å². The second-order valence-electron chi connectivity index (χ2n) is 5.11. The number of rotatable bonds is 1. The lowest BCUT2D eigenvalue weighted by Gasteiger charge is -2.30. The maximum Gasteiger partial charge on any atom is 0.225 e. The van der Waals surface area contributed by atoms with Gasteiger partial charge in [-0.05, 0) is 36.3 Å². The summed E-state index contributed by atoms with van der Waals surface area (Å²) >= 11 is 0. The lowest BCUT2D eigenvalue weighted by Crippen LogP contribution is -2.27. The number of halogens is 1. The van der Waals surface area contributed by atoms with Crippen LogP contribution in [0.1, 0.15) is 43.6 Å². The summed E-state index contributed by atoms with van der Waals surface area (Å²) in [5.74, 6) is 0.427. The molecule has 0 radical (unpaired) electrons. The van der Waals surface area contributed by atoms with Crippen LogP contribution in [0.3, 0.4) is 0 Å². The molecule has 1 amide bonds. The first-order chi connectivity index (χ1) is 8.25. The summed E-state index contributed by atoms with van der Waals surface area (Å²) < 4.78 is 13.7. The van der Waals surface area contributed by atoms with Gasteiger partial charge in [0.25, 0.3) is 0 Å². The Kier molecular flexibility index (Phi) is 2.61. The Labute approximate surface area is 100 Å². The molecule has 1 N–H and O–H groups in total. The molecule has 1 unspecified atom stereocenters. The van der Waals surface area contributed by atoms with Gasteiger partial charge in [-0.3, -0.25) is 4.79 Å². The molecule has 3 heteroatoms. The average molecular weight is 233 g/mol. The van der Waals surface area contributed by atoms with Gasteiger partial charge in [0.05, 0.1) is 5.69 Å². The summed E-state index contributed by atoms with van der Waals surface area (Å²) in [7, 11) is 0. The van der Waals surface area contributed by atoms with E-state index < -0.39 is 0 Å². The van der Waals surface area contributed by atoms with Gasteiger partial charge < -0.3 is 5.32 Å². The molecule has 2 nitrogen and oxygen atoms in total. The predicted molar refractivity (Wildman–Crippen MR) is 64.3 cm³/mol. The van der Waals surface area contributed by atoms with Crippen molar-refractivity contribution in [2.75, 3.05) is 5.32 Å². The number of carbonyl (C=O) groups is 1. The molecule has 0 bridgehead atoms. The highest BCUT2D eigenvalue weighted by molar-refractivity contribution is 5.94. The van der Waals surface area contributed by atoms with Crippen molar-refractivity contribution in [3.63, 3.8) is 0 Å². The molecule has 1 aromatic rings. The molecule has 1 aromatic carbocycles. The van der Waals surface area contributed by atoms with E-state index in [1.807, 2.05) is 6.07 Å². The Morgan fingerprint density at radius 2 is 2.00 bits per heavy atom. The molecule has 3 rings (SSSR count). The molecule has 2 aliphatic rings. The minimum Gasteiger partial charge on any atom is -0.323 e. The van der Waals surface area contributed by atoms with Gasteiger partial charge >= 0.3 is 0 Å². The van der Waals surface area contributed by atoms with Gasteiger partial charge in [-0.25, -0.2) is 4.39 Å². The molecular weight excluding hydrogens is 217 g/mol. The van der Waals surface area contributed by atoms with E-state index in [2.05, 4.69) is 5.32 Å². The molecule has 1 heterocycles. The van der Waals surface area contributed by atoms with Crippen LogP contribution in [-0.2, 0) is 4.79 Å². The van der Waals surface area contributed by atoms with Crippen molar-refractivity contribution in [2.45, 2.75) is 38.0 Å². The van der Waals surface area contributed by atoms with Crippen LogP contribution in [0.2, 0.25) is 0 Å². The molecule has 1 fully saturated rings. The van der Waals surface area contributed by atoms with E-state index in [1.165, 1.54) is 31.7 Å². The van der Waals surface area contributed by atoms with Gasteiger partial charge in [0.15, 0.2) is 0 Å². The Morgan fingerprint density at radius 3 is 2.76 bits per heavy atom. The fourth-order valence-corrected chi connectivity index (χ4v) is 3.26. The largest absolute Gasteiger partial charge is 0.323 e. The van der Waals surface area contributed by atoms with Crippen LogP contribution in [0.5, 0.6) is 0 Å². The van der Waals surface area contributed by atoms with Crippen LogP contribution in [0.4, 0.5) is 10.1 Å². The SMILES string of the molecule is O=C1CC(C2CCCC2)c2cccc(F)c2N1. The highest BCUT2D eigenvalue weighted by Gasteiger charge is 2.33. The zero-order chi connectivity index (χ0) is 11.8. The number of anilines is 1. The Balaban J connectivity index is 2.01. The number of carbonyl (C=O) groups excluding carboxylic acids is 1. The van der Waals surface area contributed by atoms with Gasteiger partial charge in [0.2, 0.25) is 5.91 Å². The standard InChI is InChI=1S/C14H16FNO/c15-12-7-3-6-10-11(9-4-1-2-5-9)8-13(17)16-14(10)12/h3,6-7,9,11H,1-2,4-5,8H2,(H,16,17). The Morgan fingerprint density at radius 1 is 1.24 bits per heavy atom. The van der Waals surface area contributed by atoms with Crippen LogP contribution in [0.15, 0.2) is 18.2 Å². The van der Waals surface area contributed by atoms with E-state index in [4.69, 9.17) is 0 Å². The first-order valence-corrected chi connectivity index (χ1v) is 6.34. The lowest BCUT2D eigenvalue weighted by atomic mass is 9.79. The highest BCUT2D eigenvalue weighted by Crippen LogP contribution is 2.44. The van der Waals surface area contributed by atoms with Crippen LogP contribution >= 0.6 is 0 Å². The predicted octanol–water partition coefficient (Wildman–Crippen LogP) is 3.44. The van der Waals surface area contributed by atoms with Gasteiger partial charge in [-0.1, -0.05) is 25.0 Å². The summed E-state index contributed by atoms with van der Waals surface area (Å²) in [4.78, 5) is 11.7. The minimum absolute atomic E-state index is 0.0421. The van der Waals surface area contributed by atoms with E-state index in [0.29, 0.717) is 18.0 Å². The summed E-state index contributed by atoms with van der Waals surface area (Å²) in [5.41, 5.74) is 1.41. The molecular formula is C14H16FNO. The summed E-state index contributed by atoms with van der Waals surface area (Å²) in [5, 5.41) is 2.67. The highest BCUT2D eigenvalue weighted by atomic mass is 19.1. The maximum absolute atomic E-state index is 13.7. The molecule has 90 valence electrons. The monoisotopic (exact) mass is 233 g/mol. The van der Waals surface area contributed by atoms with Gasteiger partial charge in [-0.2, -0.15) is 0 Å². The number of hydrogen-bond donors (Lipinski definition) is 1. The molecule has 0 aromatic heterocycles. The van der Waals surface area contributed by atoms with Crippen LogP contribution in [-0.4, -0.2) is 5.91 Å². The molecule has 0 saturated heterocycles. The smallest absolute Gasteiger partial charge is 0.225 e. The zero-order valence-corrected chi connectivity index (χ0v) is 9.71. The van der Waals surface area contributed by atoms with Crippen molar-refractivity contribution < 1.29 is 9.18 Å². The number of para-hydroxylation sites is 1. The minimum atomic E-state index is -0.307. The fourth-order valence-electron chi connectivity index (χ4n) is 3.26. The molecule has 1 saturated carbocycles. The van der Waals surface area contributed by atoms with Crippen LogP contribution < -0.4 is 5.32 Å². The fraction of sp³-hybridized carbons (Fsp3) is 0.500. The quantitative estimate of drug-likeness (QED) is 0.791. The van der Waals surface area contributed by atoms with E-state index >= 15 is 0 Å². The van der Waals surface area contributed by atoms with E-state index in [1.54, 1.807) is 6.07 Å². The molecule has 1 aliphatic carbocycles. The van der Waals surface area contributed by atoms with E-state index in [9.17, 15) is 9.18 Å². The number of hydrogen-bond acceptors (Lipinski definition) is 1. The zero-order valence-electron chi connectivity index (χ0n) is 9.71. The number of benzene rings is 1. The normalized spacial score (nSPS) is 24.5.